The summed E-state index contributed by atoms with van der Waals surface area (Å²) in [7, 11) is 0.267. The SMILES string of the molecule is O=C=NCCC[Si]Cc1cccc(OCC(F)(F)F)c1OCC(F)(F)F. The third-order valence-corrected chi connectivity index (χ3v) is 4.17. The normalized spacial score (nSPS) is 11.8. The maximum atomic E-state index is 12.4. The van der Waals surface area contributed by atoms with E-state index in [4.69, 9.17) is 4.74 Å². The van der Waals surface area contributed by atoms with Crippen LogP contribution in [0.3, 0.4) is 0 Å². The van der Waals surface area contributed by atoms with Gasteiger partial charge in [0, 0.05) is 9.52 Å². The molecule has 0 spiro atoms. The fourth-order valence-corrected chi connectivity index (χ4v) is 2.98. The minimum atomic E-state index is -4.64. The Morgan fingerprint density at radius 2 is 1.69 bits per heavy atom. The molecular formula is C15H15F6NO3Si. The number of isocyanates is 1. The quantitative estimate of drug-likeness (QED) is 0.197. The zero-order valence-electron chi connectivity index (χ0n) is 13.4. The van der Waals surface area contributed by atoms with Gasteiger partial charge < -0.3 is 9.47 Å². The molecule has 0 unspecified atom stereocenters. The summed E-state index contributed by atoms with van der Waals surface area (Å²) in [6.45, 7) is -2.98. The first kappa shape index (κ1) is 22.0. The van der Waals surface area contributed by atoms with Crippen molar-refractivity contribution in [3.8, 4) is 11.5 Å². The highest BCUT2D eigenvalue weighted by molar-refractivity contribution is 6.35. The van der Waals surface area contributed by atoms with Crippen molar-refractivity contribution in [2.45, 2.75) is 30.9 Å². The summed E-state index contributed by atoms with van der Waals surface area (Å²) >= 11 is 0. The van der Waals surface area contributed by atoms with Crippen molar-refractivity contribution in [2.75, 3.05) is 19.8 Å². The van der Waals surface area contributed by atoms with Gasteiger partial charge in [0.2, 0.25) is 6.08 Å². The topological polar surface area (TPSA) is 47.9 Å². The molecule has 0 aliphatic rings. The maximum absolute atomic E-state index is 12.4. The van der Waals surface area contributed by atoms with Crippen molar-refractivity contribution < 1.29 is 40.6 Å². The Bertz CT molecular complexity index is 614. The highest BCUT2D eigenvalue weighted by Gasteiger charge is 2.31. The molecule has 0 heterocycles. The number of hydrogen-bond donors (Lipinski definition) is 0. The van der Waals surface area contributed by atoms with Crippen molar-refractivity contribution in [3.05, 3.63) is 23.8 Å². The Morgan fingerprint density at radius 3 is 2.31 bits per heavy atom. The zero-order valence-corrected chi connectivity index (χ0v) is 14.4. The van der Waals surface area contributed by atoms with E-state index in [9.17, 15) is 31.1 Å². The Hall–Kier alpha value is -2.00. The highest BCUT2D eigenvalue weighted by atomic mass is 28.2. The van der Waals surface area contributed by atoms with Gasteiger partial charge in [0.25, 0.3) is 0 Å². The van der Waals surface area contributed by atoms with Gasteiger partial charge in [0.15, 0.2) is 24.7 Å². The van der Waals surface area contributed by atoms with Gasteiger partial charge in [-0.25, -0.2) is 9.79 Å². The number of benzene rings is 1. The molecule has 1 aromatic carbocycles. The summed E-state index contributed by atoms with van der Waals surface area (Å²) < 4.78 is 83.5. The average molecular weight is 399 g/mol. The molecule has 0 aliphatic heterocycles. The molecule has 0 amide bonds. The van der Waals surface area contributed by atoms with Crippen LogP contribution in [0.15, 0.2) is 23.2 Å². The van der Waals surface area contributed by atoms with E-state index in [-0.39, 0.29) is 21.0 Å². The van der Waals surface area contributed by atoms with Crippen LogP contribution in [0.1, 0.15) is 12.0 Å². The maximum Gasteiger partial charge on any atom is 0.422 e. The summed E-state index contributed by atoms with van der Waals surface area (Å²) in [6.07, 6.45) is -7.28. The van der Waals surface area contributed by atoms with Crippen molar-refractivity contribution in [3.63, 3.8) is 0 Å². The van der Waals surface area contributed by atoms with Crippen molar-refractivity contribution >= 4 is 15.6 Å². The summed E-state index contributed by atoms with van der Waals surface area (Å²) in [5, 5.41) is 0. The van der Waals surface area contributed by atoms with Crippen molar-refractivity contribution in [2.24, 2.45) is 4.99 Å². The van der Waals surface area contributed by atoms with E-state index in [2.05, 4.69) is 9.73 Å². The second-order valence-electron chi connectivity index (χ2n) is 5.06. The number of rotatable bonds is 10. The minimum Gasteiger partial charge on any atom is -0.480 e. The van der Waals surface area contributed by atoms with Crippen LogP contribution in [0, 0.1) is 0 Å². The fraction of sp³-hybridized carbons (Fsp3) is 0.533. The molecule has 0 bridgehead atoms. The molecule has 1 rings (SSSR count). The summed E-state index contributed by atoms with van der Waals surface area (Å²) in [6, 6.07) is 4.95. The van der Waals surface area contributed by atoms with Crippen LogP contribution in [0.2, 0.25) is 6.04 Å². The van der Waals surface area contributed by atoms with E-state index in [0.29, 0.717) is 30.6 Å². The average Bonchev–Trinajstić information content (AvgIpc) is 2.53. The predicted octanol–water partition coefficient (Wildman–Crippen LogP) is 3.92. The number of para-hydroxylation sites is 1. The Kier molecular flexibility index (Phi) is 8.66. The number of hydrogen-bond acceptors (Lipinski definition) is 4. The lowest BCUT2D eigenvalue weighted by Crippen LogP contribution is -2.22. The standard InChI is InChI=1S/C15H15F6NO3Si/c16-14(17,18)8-24-12-4-1-3-11(7-26-6-2-5-22-10-23)13(12)25-9-15(19,20)21/h1,3-4H,2,5-9H2. The predicted molar refractivity (Wildman–Crippen MR) is 81.4 cm³/mol. The van der Waals surface area contributed by atoms with Gasteiger partial charge in [0.1, 0.15) is 0 Å². The van der Waals surface area contributed by atoms with Crippen LogP contribution in [0.5, 0.6) is 11.5 Å². The van der Waals surface area contributed by atoms with Gasteiger partial charge in [-0.15, -0.1) is 0 Å². The van der Waals surface area contributed by atoms with Gasteiger partial charge >= 0.3 is 12.4 Å². The molecule has 0 N–H and O–H groups in total. The summed E-state index contributed by atoms with van der Waals surface area (Å²) in [5.74, 6) is -0.730. The minimum absolute atomic E-state index is 0.267. The monoisotopic (exact) mass is 399 g/mol. The van der Waals surface area contributed by atoms with Crippen LogP contribution < -0.4 is 9.47 Å². The molecule has 0 aromatic heterocycles. The molecule has 26 heavy (non-hydrogen) atoms. The highest BCUT2D eigenvalue weighted by Crippen LogP contribution is 2.34. The van der Waals surface area contributed by atoms with Crippen LogP contribution >= 0.6 is 0 Å². The molecular weight excluding hydrogens is 384 g/mol. The summed E-state index contributed by atoms with van der Waals surface area (Å²) in [5.41, 5.74) is 0.325. The van der Waals surface area contributed by atoms with E-state index in [1.807, 2.05) is 0 Å². The van der Waals surface area contributed by atoms with E-state index in [1.54, 1.807) is 0 Å². The third-order valence-electron chi connectivity index (χ3n) is 2.84. The fourth-order valence-electron chi connectivity index (χ4n) is 1.84. The van der Waals surface area contributed by atoms with Gasteiger partial charge in [-0.05, 0) is 24.1 Å². The number of halogens is 6. The number of nitrogens with zero attached hydrogens (tertiary/aromatic N) is 1. The van der Waals surface area contributed by atoms with Crippen molar-refractivity contribution in [1.29, 1.82) is 0 Å². The van der Waals surface area contributed by atoms with E-state index < -0.39 is 25.6 Å². The van der Waals surface area contributed by atoms with Gasteiger partial charge in [-0.3, -0.25) is 0 Å². The van der Waals surface area contributed by atoms with E-state index in [1.165, 1.54) is 18.2 Å². The molecule has 11 heteroatoms. The zero-order chi connectivity index (χ0) is 19.6. The molecule has 1 aromatic rings. The van der Waals surface area contributed by atoms with E-state index >= 15 is 0 Å². The lowest BCUT2D eigenvalue weighted by Gasteiger charge is -2.18. The first-order valence-corrected chi connectivity index (χ1v) is 8.79. The third kappa shape index (κ3) is 9.47. The number of carbonyl (C=O) groups excluding carboxylic acids is 1. The lowest BCUT2D eigenvalue weighted by atomic mass is 10.2. The number of ether oxygens (including phenoxy) is 2. The Labute approximate surface area is 148 Å². The molecule has 0 fully saturated rings. The van der Waals surface area contributed by atoms with Crippen LogP contribution in [0.4, 0.5) is 26.3 Å². The second-order valence-corrected chi connectivity index (χ2v) is 6.41. The van der Waals surface area contributed by atoms with E-state index in [0.717, 1.165) is 6.07 Å². The van der Waals surface area contributed by atoms with Crippen molar-refractivity contribution in [1.82, 2.24) is 0 Å². The molecule has 0 aliphatic carbocycles. The van der Waals surface area contributed by atoms with Crippen LogP contribution in [-0.2, 0) is 10.8 Å². The van der Waals surface area contributed by atoms with Crippen LogP contribution in [0.25, 0.3) is 0 Å². The largest absolute Gasteiger partial charge is 0.480 e. The van der Waals surface area contributed by atoms with Crippen LogP contribution in [-0.4, -0.2) is 47.7 Å². The van der Waals surface area contributed by atoms with Gasteiger partial charge in [-0.2, -0.15) is 26.3 Å². The first-order chi connectivity index (χ1) is 12.1. The Balaban J connectivity index is 2.83. The smallest absolute Gasteiger partial charge is 0.422 e. The molecule has 144 valence electrons. The van der Waals surface area contributed by atoms with Gasteiger partial charge in [-0.1, -0.05) is 18.2 Å². The molecule has 0 atom stereocenters. The first-order valence-electron chi connectivity index (χ1n) is 7.38. The Morgan fingerprint density at radius 1 is 1.04 bits per heavy atom. The molecule has 2 radical (unpaired) electrons. The molecule has 0 saturated carbocycles. The number of alkyl halides is 6. The summed E-state index contributed by atoms with van der Waals surface area (Å²) in [4.78, 5) is 13.3. The lowest BCUT2D eigenvalue weighted by molar-refractivity contribution is -0.158. The van der Waals surface area contributed by atoms with Gasteiger partial charge in [0.05, 0.1) is 6.54 Å². The second kappa shape index (κ2) is 10.2. The molecule has 0 saturated heterocycles. The molecule has 4 nitrogen and oxygen atoms in total. The number of aliphatic imine (C=N–C) groups is 1.